The van der Waals surface area contributed by atoms with Gasteiger partial charge >= 0.3 is 0 Å². The molecular formula is C21H13IN2O5S. The third-order valence-corrected chi connectivity index (χ3v) is 6.00. The van der Waals surface area contributed by atoms with E-state index in [9.17, 15) is 19.7 Å². The maximum absolute atomic E-state index is 12.7. The summed E-state index contributed by atoms with van der Waals surface area (Å²) >= 11 is 3.05. The van der Waals surface area contributed by atoms with Crippen LogP contribution in [0, 0.1) is 13.7 Å². The SMILES string of the molecule is O=C1S/C(=C/c2ccc(-c3cccc([N+](=O)[O-])c3)o2)C(=O)N1Cc1ccc(I)cc1. The minimum Gasteiger partial charge on any atom is -0.457 e. The van der Waals surface area contributed by atoms with Gasteiger partial charge in [-0.1, -0.05) is 24.3 Å². The van der Waals surface area contributed by atoms with Crippen LogP contribution in [-0.4, -0.2) is 21.0 Å². The van der Waals surface area contributed by atoms with Crippen molar-refractivity contribution in [3.05, 3.63) is 90.6 Å². The predicted octanol–water partition coefficient (Wildman–Crippen LogP) is 5.70. The van der Waals surface area contributed by atoms with Gasteiger partial charge in [-0.05, 0) is 64.2 Å². The lowest BCUT2D eigenvalue weighted by Gasteiger charge is -2.12. The first kappa shape index (κ1) is 20.4. The fourth-order valence-corrected chi connectivity index (χ4v) is 4.07. The molecule has 7 nitrogen and oxygen atoms in total. The monoisotopic (exact) mass is 532 g/mol. The normalized spacial score (nSPS) is 15.2. The third kappa shape index (κ3) is 4.31. The van der Waals surface area contributed by atoms with Crippen LogP contribution in [0.15, 0.2) is 70.0 Å². The molecule has 2 heterocycles. The molecule has 2 aromatic carbocycles. The van der Waals surface area contributed by atoms with Crippen LogP contribution in [0.4, 0.5) is 10.5 Å². The molecule has 0 unspecified atom stereocenters. The second kappa shape index (κ2) is 8.44. The fraction of sp³-hybridized carbons (Fsp3) is 0.0476. The number of hydrogen-bond acceptors (Lipinski definition) is 6. The average molecular weight is 532 g/mol. The van der Waals surface area contributed by atoms with Crippen LogP contribution in [0.5, 0.6) is 0 Å². The van der Waals surface area contributed by atoms with Crippen LogP contribution in [-0.2, 0) is 11.3 Å². The lowest BCUT2D eigenvalue weighted by Crippen LogP contribution is -2.27. The average Bonchev–Trinajstić information content (AvgIpc) is 3.30. The van der Waals surface area contributed by atoms with Gasteiger partial charge in [0.15, 0.2) is 0 Å². The minimum atomic E-state index is -0.475. The van der Waals surface area contributed by atoms with E-state index < -0.39 is 4.92 Å². The van der Waals surface area contributed by atoms with Crippen LogP contribution in [0.3, 0.4) is 0 Å². The van der Waals surface area contributed by atoms with E-state index in [4.69, 9.17) is 4.42 Å². The third-order valence-electron chi connectivity index (χ3n) is 4.37. The number of nitro benzene ring substituents is 1. The largest absolute Gasteiger partial charge is 0.457 e. The quantitative estimate of drug-likeness (QED) is 0.181. The maximum Gasteiger partial charge on any atom is 0.293 e. The number of non-ortho nitro benzene ring substituents is 1. The van der Waals surface area contributed by atoms with Crippen LogP contribution in [0.2, 0.25) is 0 Å². The van der Waals surface area contributed by atoms with E-state index in [-0.39, 0.29) is 28.3 Å². The molecule has 30 heavy (non-hydrogen) atoms. The van der Waals surface area contributed by atoms with Gasteiger partial charge in [-0.2, -0.15) is 0 Å². The Bertz CT molecular complexity index is 1190. The van der Waals surface area contributed by atoms with Gasteiger partial charge in [0.25, 0.3) is 16.8 Å². The molecule has 1 aromatic heterocycles. The number of nitro groups is 1. The van der Waals surface area contributed by atoms with Gasteiger partial charge in [-0.15, -0.1) is 0 Å². The molecule has 0 saturated carbocycles. The number of amides is 2. The van der Waals surface area contributed by atoms with E-state index in [0.717, 1.165) is 20.9 Å². The van der Waals surface area contributed by atoms with Gasteiger partial charge in [0, 0.05) is 27.3 Å². The number of nitrogens with zero attached hydrogens (tertiary/aromatic N) is 2. The molecule has 1 saturated heterocycles. The molecule has 0 N–H and O–H groups in total. The number of carbonyl (C=O) groups excluding carboxylic acids is 2. The standard InChI is InChI=1S/C21H13IN2O5S/c22-15-6-4-13(5-7-15)12-23-20(25)19(30-21(23)26)11-17-8-9-18(29-17)14-2-1-3-16(10-14)24(27)28/h1-11H,12H2/b19-11+. The zero-order valence-electron chi connectivity index (χ0n) is 15.3. The number of hydrogen-bond donors (Lipinski definition) is 0. The van der Waals surface area contributed by atoms with Crippen molar-refractivity contribution in [1.82, 2.24) is 4.90 Å². The van der Waals surface area contributed by atoms with Gasteiger partial charge in [0.1, 0.15) is 11.5 Å². The Hall–Kier alpha value is -2.92. The van der Waals surface area contributed by atoms with E-state index in [1.54, 1.807) is 24.3 Å². The highest BCUT2D eigenvalue weighted by molar-refractivity contribution is 14.1. The highest BCUT2D eigenvalue weighted by Crippen LogP contribution is 2.34. The van der Waals surface area contributed by atoms with Gasteiger partial charge in [-0.3, -0.25) is 24.6 Å². The molecule has 3 aromatic rings. The molecule has 0 aliphatic carbocycles. The van der Waals surface area contributed by atoms with Gasteiger partial charge in [0.05, 0.1) is 16.4 Å². The fourth-order valence-electron chi connectivity index (χ4n) is 2.90. The molecule has 0 bridgehead atoms. The summed E-state index contributed by atoms with van der Waals surface area (Å²) in [7, 11) is 0. The first-order valence-electron chi connectivity index (χ1n) is 8.75. The summed E-state index contributed by atoms with van der Waals surface area (Å²) < 4.78 is 6.79. The number of carbonyl (C=O) groups is 2. The Kier molecular flexibility index (Phi) is 5.73. The van der Waals surface area contributed by atoms with Crippen LogP contribution >= 0.6 is 34.4 Å². The number of imide groups is 1. The van der Waals surface area contributed by atoms with E-state index >= 15 is 0 Å². The zero-order valence-corrected chi connectivity index (χ0v) is 18.3. The Labute approximate surface area is 189 Å². The Balaban J connectivity index is 1.53. The Morgan fingerprint density at radius 2 is 1.87 bits per heavy atom. The Morgan fingerprint density at radius 3 is 2.60 bits per heavy atom. The van der Waals surface area contributed by atoms with E-state index in [1.807, 2.05) is 24.3 Å². The second-order valence-corrected chi connectivity index (χ2v) is 8.64. The minimum absolute atomic E-state index is 0.0397. The second-order valence-electron chi connectivity index (χ2n) is 6.40. The summed E-state index contributed by atoms with van der Waals surface area (Å²) in [6, 6.07) is 17.0. The lowest BCUT2D eigenvalue weighted by atomic mass is 10.1. The molecule has 2 amide bonds. The van der Waals surface area contributed by atoms with Crippen LogP contribution < -0.4 is 0 Å². The number of thioether (sulfide) groups is 1. The number of rotatable bonds is 5. The van der Waals surface area contributed by atoms with Crippen LogP contribution in [0.1, 0.15) is 11.3 Å². The lowest BCUT2D eigenvalue weighted by molar-refractivity contribution is -0.384. The van der Waals surface area contributed by atoms with Crippen molar-refractivity contribution in [1.29, 1.82) is 0 Å². The topological polar surface area (TPSA) is 93.7 Å². The molecule has 0 spiro atoms. The molecule has 1 aliphatic rings. The molecule has 0 atom stereocenters. The zero-order chi connectivity index (χ0) is 21.3. The van der Waals surface area contributed by atoms with Crippen LogP contribution in [0.25, 0.3) is 17.4 Å². The first-order valence-corrected chi connectivity index (χ1v) is 10.6. The summed E-state index contributed by atoms with van der Waals surface area (Å²) in [5, 5.41) is 10.6. The van der Waals surface area contributed by atoms with E-state index in [1.165, 1.54) is 23.1 Å². The molecule has 1 aliphatic heterocycles. The summed E-state index contributed by atoms with van der Waals surface area (Å²) in [6.45, 7) is 0.204. The van der Waals surface area contributed by atoms with Crippen molar-refractivity contribution in [3.63, 3.8) is 0 Å². The van der Waals surface area contributed by atoms with Crippen molar-refractivity contribution in [2.45, 2.75) is 6.54 Å². The molecule has 9 heteroatoms. The van der Waals surface area contributed by atoms with Crippen molar-refractivity contribution in [2.75, 3.05) is 0 Å². The highest BCUT2D eigenvalue weighted by atomic mass is 127. The molecule has 150 valence electrons. The summed E-state index contributed by atoms with van der Waals surface area (Å²) in [6.07, 6.45) is 1.51. The van der Waals surface area contributed by atoms with Crippen molar-refractivity contribution >= 4 is 57.3 Å². The molecule has 0 radical (unpaired) electrons. The van der Waals surface area contributed by atoms with Gasteiger partial charge in [0.2, 0.25) is 0 Å². The first-order chi connectivity index (χ1) is 14.4. The summed E-state index contributed by atoms with van der Waals surface area (Å²) in [4.78, 5) is 36.9. The van der Waals surface area contributed by atoms with Gasteiger partial charge in [-0.25, -0.2) is 0 Å². The van der Waals surface area contributed by atoms with E-state index in [0.29, 0.717) is 17.1 Å². The smallest absolute Gasteiger partial charge is 0.293 e. The Morgan fingerprint density at radius 1 is 1.10 bits per heavy atom. The van der Waals surface area contributed by atoms with Crippen molar-refractivity contribution in [3.8, 4) is 11.3 Å². The van der Waals surface area contributed by atoms with Crippen molar-refractivity contribution in [2.24, 2.45) is 0 Å². The molecule has 4 rings (SSSR count). The van der Waals surface area contributed by atoms with Gasteiger partial charge < -0.3 is 4.42 Å². The highest BCUT2D eigenvalue weighted by Gasteiger charge is 2.35. The predicted molar refractivity (Wildman–Crippen MR) is 121 cm³/mol. The van der Waals surface area contributed by atoms with E-state index in [2.05, 4.69) is 22.6 Å². The van der Waals surface area contributed by atoms with Crippen molar-refractivity contribution < 1.29 is 18.9 Å². The number of halogens is 1. The summed E-state index contributed by atoms with van der Waals surface area (Å²) in [5.74, 6) is 0.441. The number of benzene rings is 2. The maximum atomic E-state index is 12.7. The number of furan rings is 1. The summed E-state index contributed by atoms with van der Waals surface area (Å²) in [5.41, 5.74) is 1.38. The molecular weight excluding hydrogens is 519 g/mol. The molecule has 1 fully saturated rings.